The molecule has 1 aliphatic rings. The summed E-state index contributed by atoms with van der Waals surface area (Å²) in [7, 11) is -5.13. The van der Waals surface area contributed by atoms with Crippen molar-refractivity contribution in [2.45, 2.75) is 262 Å². The van der Waals surface area contributed by atoms with Gasteiger partial charge in [-0.15, -0.1) is 0 Å². The smallest absolute Gasteiger partial charge is 0.462 e. The van der Waals surface area contributed by atoms with Crippen LogP contribution in [-0.4, -0.2) is 98.3 Å². The van der Waals surface area contributed by atoms with Crippen molar-refractivity contribution >= 4 is 19.8 Å². The van der Waals surface area contributed by atoms with Crippen LogP contribution in [0.4, 0.5) is 0 Å². The molecular weight excluding hydrogens is 924 g/mol. The Hall–Kier alpha value is -2.71. The van der Waals surface area contributed by atoms with Gasteiger partial charge >= 0.3 is 19.8 Å². The summed E-state index contributed by atoms with van der Waals surface area (Å²) in [5, 5.41) is 50.4. The van der Waals surface area contributed by atoms with Crippen LogP contribution >= 0.6 is 7.82 Å². The molecule has 1 saturated carbocycles. The van der Waals surface area contributed by atoms with Gasteiger partial charge in [0.1, 0.15) is 43.2 Å². The fraction of sp³-hybridized carbons (Fsp3) is 0.754. The SMILES string of the molecule is CC/C=C\C/C=C\C/C=C\C/C=C\CCCCCCCCC(=O)OC(COC(=O)CCCCCCCCCCCCC/C=C\C/C=C\CCCCCCC)COP(=O)(O)OC1C(O)C(O)C(O)C(O)C1O. The molecule has 0 aromatic carbocycles. The van der Waals surface area contributed by atoms with Gasteiger partial charge in [-0.2, -0.15) is 0 Å². The molecule has 1 aliphatic carbocycles. The lowest BCUT2D eigenvalue weighted by molar-refractivity contribution is -0.220. The van der Waals surface area contributed by atoms with E-state index in [0.717, 1.165) is 96.3 Å². The van der Waals surface area contributed by atoms with E-state index in [9.17, 15) is 44.6 Å². The number of hydrogen-bond acceptors (Lipinski definition) is 12. The minimum absolute atomic E-state index is 0.0773. The summed E-state index contributed by atoms with van der Waals surface area (Å²) in [6, 6.07) is 0. The number of carbonyl (C=O) groups excluding carboxylic acids is 2. The van der Waals surface area contributed by atoms with E-state index >= 15 is 0 Å². The zero-order valence-electron chi connectivity index (χ0n) is 44.0. The molecular formula is C57H99O13P. The van der Waals surface area contributed by atoms with Crippen molar-refractivity contribution in [1.82, 2.24) is 0 Å². The molecule has 0 bridgehead atoms. The summed E-state index contributed by atoms with van der Waals surface area (Å²) in [6.45, 7) is 3.19. The lowest BCUT2D eigenvalue weighted by Crippen LogP contribution is -2.64. The van der Waals surface area contributed by atoms with E-state index in [4.69, 9.17) is 18.5 Å². The second kappa shape index (κ2) is 45.9. The van der Waals surface area contributed by atoms with E-state index in [1.807, 2.05) is 0 Å². The lowest BCUT2D eigenvalue weighted by Gasteiger charge is -2.41. The Morgan fingerprint density at radius 3 is 1.23 bits per heavy atom. The zero-order chi connectivity index (χ0) is 52.1. The summed E-state index contributed by atoms with van der Waals surface area (Å²) in [5.41, 5.74) is 0. The molecule has 0 aromatic rings. The topological polar surface area (TPSA) is 210 Å². The predicted molar refractivity (Wildman–Crippen MR) is 285 cm³/mol. The number of ether oxygens (including phenoxy) is 2. The number of aliphatic hydroxyl groups excluding tert-OH is 5. The second-order valence-corrected chi connectivity index (χ2v) is 20.5. The molecule has 6 N–H and O–H groups in total. The Bertz CT molecular complexity index is 1510. The quantitative estimate of drug-likeness (QED) is 0.0145. The fourth-order valence-electron chi connectivity index (χ4n) is 8.13. The average Bonchev–Trinajstić information content (AvgIpc) is 3.35. The zero-order valence-corrected chi connectivity index (χ0v) is 44.9. The number of unbranched alkanes of at least 4 members (excludes halogenated alkanes) is 22. The van der Waals surface area contributed by atoms with Gasteiger partial charge in [-0.25, -0.2) is 4.57 Å². The van der Waals surface area contributed by atoms with Crippen molar-refractivity contribution in [1.29, 1.82) is 0 Å². The molecule has 14 heteroatoms. The molecule has 1 rings (SSSR count). The van der Waals surface area contributed by atoms with Crippen LogP contribution in [0.2, 0.25) is 0 Å². The number of phosphoric ester groups is 1. The largest absolute Gasteiger partial charge is 0.472 e. The summed E-state index contributed by atoms with van der Waals surface area (Å²) in [5.74, 6) is -1.12. The number of carbonyl (C=O) groups is 2. The normalized spacial score (nSPS) is 21.2. The number of rotatable bonds is 46. The first kappa shape index (κ1) is 66.3. The monoisotopic (exact) mass is 1020 g/mol. The first-order valence-electron chi connectivity index (χ1n) is 27.7. The summed E-state index contributed by atoms with van der Waals surface area (Å²) >= 11 is 0. The van der Waals surface area contributed by atoms with Gasteiger partial charge in [-0.3, -0.25) is 18.6 Å². The van der Waals surface area contributed by atoms with Crippen LogP contribution in [0.1, 0.15) is 219 Å². The molecule has 0 amide bonds. The Morgan fingerprint density at radius 2 is 0.803 bits per heavy atom. The molecule has 410 valence electrons. The first-order chi connectivity index (χ1) is 34.4. The molecule has 0 spiro atoms. The Kier molecular flexibility index (Phi) is 42.8. The molecule has 0 aliphatic heterocycles. The fourth-order valence-corrected chi connectivity index (χ4v) is 9.11. The Balaban J connectivity index is 2.36. The van der Waals surface area contributed by atoms with Crippen molar-refractivity contribution in [3.05, 3.63) is 72.9 Å². The van der Waals surface area contributed by atoms with Crippen LogP contribution < -0.4 is 0 Å². The minimum atomic E-state index is -5.13. The van der Waals surface area contributed by atoms with Crippen molar-refractivity contribution in [3.8, 4) is 0 Å². The molecule has 6 atom stereocenters. The van der Waals surface area contributed by atoms with E-state index < -0.39 is 75.7 Å². The molecule has 0 radical (unpaired) electrons. The van der Waals surface area contributed by atoms with Gasteiger partial charge in [0.05, 0.1) is 6.61 Å². The van der Waals surface area contributed by atoms with E-state index in [0.29, 0.717) is 12.8 Å². The molecule has 1 fully saturated rings. The molecule has 6 unspecified atom stereocenters. The third kappa shape index (κ3) is 37.6. The highest BCUT2D eigenvalue weighted by Crippen LogP contribution is 2.47. The second-order valence-electron chi connectivity index (χ2n) is 19.1. The van der Waals surface area contributed by atoms with Gasteiger partial charge in [0.25, 0.3) is 0 Å². The maximum atomic E-state index is 12.9. The maximum absolute atomic E-state index is 12.9. The van der Waals surface area contributed by atoms with Gasteiger partial charge in [0, 0.05) is 12.8 Å². The van der Waals surface area contributed by atoms with Gasteiger partial charge < -0.3 is 39.9 Å². The van der Waals surface area contributed by atoms with Crippen LogP contribution in [0, 0.1) is 0 Å². The molecule has 0 saturated heterocycles. The van der Waals surface area contributed by atoms with E-state index in [2.05, 4.69) is 86.8 Å². The highest BCUT2D eigenvalue weighted by Gasteiger charge is 2.51. The first-order valence-corrected chi connectivity index (χ1v) is 29.2. The third-order valence-corrected chi connectivity index (χ3v) is 13.5. The number of allylic oxidation sites excluding steroid dienone is 12. The number of phosphoric acid groups is 1. The Morgan fingerprint density at radius 1 is 0.451 bits per heavy atom. The molecule has 0 aromatic heterocycles. The molecule has 0 heterocycles. The van der Waals surface area contributed by atoms with Crippen molar-refractivity contribution < 1.29 is 63.1 Å². The van der Waals surface area contributed by atoms with Gasteiger partial charge in [-0.05, 0) is 83.5 Å². The number of aliphatic hydroxyl groups is 5. The van der Waals surface area contributed by atoms with E-state index in [-0.39, 0.29) is 12.8 Å². The van der Waals surface area contributed by atoms with E-state index in [1.165, 1.54) is 83.5 Å². The van der Waals surface area contributed by atoms with Gasteiger partial charge in [0.15, 0.2) is 6.10 Å². The van der Waals surface area contributed by atoms with Gasteiger partial charge in [-0.1, -0.05) is 196 Å². The highest BCUT2D eigenvalue weighted by atomic mass is 31.2. The standard InChI is InChI=1S/C57H99O13P/c1-3-5-7-9-11-13-15-17-19-21-23-24-25-26-28-29-31-33-35-37-39-41-43-45-50(58)67-47-49(48-68-71(65,66)70-57-55(63)53(61)52(60)54(62)56(57)64)69-51(59)46-44-42-40-38-36-34-32-30-27-22-20-18-16-14-12-10-8-6-4-2/h6,8,12,14-15,17-18,20-21,23,27,30,49,52-57,60-64H,3-5,7,9-11,13,16,19,22,24-26,28-29,31-48H2,1-2H3,(H,65,66)/b8-6-,14-12-,17-15-,20-18-,23-21-,30-27-. The lowest BCUT2D eigenvalue weighted by atomic mass is 9.85. The van der Waals surface area contributed by atoms with E-state index in [1.54, 1.807) is 0 Å². The summed E-state index contributed by atoms with van der Waals surface area (Å²) in [4.78, 5) is 35.9. The Labute approximate surface area is 429 Å². The number of esters is 2. The third-order valence-electron chi connectivity index (χ3n) is 12.5. The van der Waals surface area contributed by atoms with Crippen LogP contribution in [0.25, 0.3) is 0 Å². The average molecular weight is 1020 g/mol. The predicted octanol–water partition coefficient (Wildman–Crippen LogP) is 12.6. The van der Waals surface area contributed by atoms with Crippen LogP contribution in [0.5, 0.6) is 0 Å². The van der Waals surface area contributed by atoms with Crippen molar-refractivity contribution in [2.24, 2.45) is 0 Å². The van der Waals surface area contributed by atoms with Gasteiger partial charge in [0.2, 0.25) is 0 Å². The maximum Gasteiger partial charge on any atom is 0.472 e. The van der Waals surface area contributed by atoms with Crippen LogP contribution in [0.3, 0.4) is 0 Å². The molecule has 71 heavy (non-hydrogen) atoms. The van der Waals surface area contributed by atoms with Crippen molar-refractivity contribution in [3.63, 3.8) is 0 Å². The number of hydrogen-bond donors (Lipinski definition) is 6. The van der Waals surface area contributed by atoms with Crippen LogP contribution in [0.15, 0.2) is 72.9 Å². The molecule has 13 nitrogen and oxygen atoms in total. The highest BCUT2D eigenvalue weighted by molar-refractivity contribution is 7.47. The van der Waals surface area contributed by atoms with Crippen LogP contribution in [-0.2, 0) is 32.7 Å². The summed E-state index contributed by atoms with van der Waals surface area (Å²) < 4.78 is 33.7. The van der Waals surface area contributed by atoms with Crippen molar-refractivity contribution in [2.75, 3.05) is 13.2 Å². The minimum Gasteiger partial charge on any atom is -0.462 e. The summed E-state index contributed by atoms with van der Waals surface area (Å²) in [6.07, 6.45) is 46.5.